The molecule has 0 aliphatic carbocycles. The highest BCUT2D eigenvalue weighted by Crippen LogP contribution is 2.24. The average molecular weight is 220 g/mol. The van der Waals surface area contributed by atoms with Crippen molar-refractivity contribution < 1.29 is 14.7 Å². The summed E-state index contributed by atoms with van der Waals surface area (Å²) in [5.41, 5.74) is 0.582. The molecule has 1 aromatic carbocycles. The van der Waals surface area contributed by atoms with E-state index >= 15 is 0 Å². The third-order valence-corrected chi connectivity index (χ3v) is 2.54. The van der Waals surface area contributed by atoms with Crippen molar-refractivity contribution in [2.24, 2.45) is 0 Å². The summed E-state index contributed by atoms with van der Waals surface area (Å²) in [6, 6.07) is 6.34. The maximum atomic E-state index is 11.7. The fourth-order valence-electron chi connectivity index (χ4n) is 1.66. The molecule has 0 fully saturated rings. The Morgan fingerprint density at radius 3 is 2.19 bits per heavy atom. The Morgan fingerprint density at radius 1 is 1.19 bits per heavy atom. The molecular formula is C13H16O3. The van der Waals surface area contributed by atoms with Crippen molar-refractivity contribution in [3.63, 3.8) is 0 Å². The Bertz CT molecular complexity index is 380. The summed E-state index contributed by atoms with van der Waals surface area (Å²) in [6.07, 6.45) is 0.651. The monoisotopic (exact) mass is 220 g/mol. The summed E-state index contributed by atoms with van der Waals surface area (Å²) in [7, 11) is 0. The zero-order chi connectivity index (χ0) is 12.1. The van der Waals surface area contributed by atoms with Gasteiger partial charge in [-0.1, -0.05) is 26.0 Å². The summed E-state index contributed by atoms with van der Waals surface area (Å²) < 4.78 is 0. The predicted molar refractivity (Wildman–Crippen MR) is 61.4 cm³/mol. The van der Waals surface area contributed by atoms with E-state index in [1.165, 1.54) is 12.1 Å². The quantitative estimate of drug-likeness (QED) is 0.775. The van der Waals surface area contributed by atoms with Crippen LogP contribution in [0.25, 0.3) is 0 Å². The van der Waals surface area contributed by atoms with E-state index in [0.29, 0.717) is 18.4 Å². The highest BCUT2D eigenvalue weighted by atomic mass is 16.3. The van der Waals surface area contributed by atoms with Crippen molar-refractivity contribution in [1.29, 1.82) is 0 Å². The Hall–Kier alpha value is -1.64. The lowest BCUT2D eigenvalue weighted by Gasteiger charge is -2.13. The molecule has 0 unspecified atom stereocenters. The molecule has 86 valence electrons. The van der Waals surface area contributed by atoms with Crippen LogP contribution in [0.3, 0.4) is 0 Å². The molecule has 0 saturated carbocycles. The first kappa shape index (κ1) is 12.4. The Labute approximate surface area is 95.1 Å². The van der Waals surface area contributed by atoms with E-state index in [1.54, 1.807) is 26.0 Å². The lowest BCUT2D eigenvalue weighted by molar-refractivity contribution is -0.128. The number of carbonyl (C=O) groups is 2. The second kappa shape index (κ2) is 5.45. The minimum atomic E-state index is -0.720. The first-order chi connectivity index (χ1) is 7.60. The second-order valence-electron chi connectivity index (χ2n) is 3.67. The van der Waals surface area contributed by atoms with E-state index in [-0.39, 0.29) is 17.3 Å². The average Bonchev–Trinajstić information content (AvgIpc) is 2.29. The number of aromatic hydroxyl groups is 1. The first-order valence-corrected chi connectivity index (χ1v) is 5.44. The normalized spacial score (nSPS) is 10.4. The molecule has 0 amide bonds. The van der Waals surface area contributed by atoms with Crippen molar-refractivity contribution in [2.75, 3.05) is 0 Å². The zero-order valence-electron chi connectivity index (χ0n) is 9.56. The highest BCUT2D eigenvalue weighted by Gasteiger charge is 2.25. The van der Waals surface area contributed by atoms with Crippen LogP contribution in [0, 0.1) is 0 Å². The van der Waals surface area contributed by atoms with Crippen molar-refractivity contribution >= 4 is 11.6 Å². The maximum Gasteiger partial charge on any atom is 0.147 e. The van der Waals surface area contributed by atoms with Gasteiger partial charge >= 0.3 is 0 Å². The maximum absolute atomic E-state index is 11.7. The van der Waals surface area contributed by atoms with E-state index in [2.05, 4.69) is 0 Å². The smallest absolute Gasteiger partial charge is 0.147 e. The van der Waals surface area contributed by atoms with Gasteiger partial charge < -0.3 is 5.11 Å². The highest BCUT2D eigenvalue weighted by molar-refractivity contribution is 6.07. The van der Waals surface area contributed by atoms with Gasteiger partial charge in [-0.25, -0.2) is 0 Å². The van der Waals surface area contributed by atoms with Gasteiger partial charge in [0.25, 0.3) is 0 Å². The molecule has 0 aromatic heterocycles. The third kappa shape index (κ3) is 2.69. The molecule has 3 nitrogen and oxygen atoms in total. The molecule has 0 aliphatic heterocycles. The van der Waals surface area contributed by atoms with Gasteiger partial charge in [-0.2, -0.15) is 0 Å². The summed E-state index contributed by atoms with van der Waals surface area (Å²) in [6.45, 7) is 3.47. The van der Waals surface area contributed by atoms with Crippen molar-refractivity contribution in [1.82, 2.24) is 0 Å². The minimum Gasteiger partial charge on any atom is -0.508 e. The van der Waals surface area contributed by atoms with Crippen LogP contribution in [0.15, 0.2) is 24.3 Å². The number of hydrogen-bond donors (Lipinski definition) is 1. The molecule has 0 bridgehead atoms. The summed E-state index contributed by atoms with van der Waals surface area (Å²) in [5, 5.41) is 9.35. The molecule has 0 atom stereocenters. The summed E-state index contributed by atoms with van der Waals surface area (Å²) in [4.78, 5) is 23.4. The van der Waals surface area contributed by atoms with Gasteiger partial charge in [-0.3, -0.25) is 9.59 Å². The van der Waals surface area contributed by atoms with Crippen LogP contribution < -0.4 is 0 Å². The number of benzene rings is 1. The van der Waals surface area contributed by atoms with Crippen LogP contribution in [0.2, 0.25) is 0 Å². The second-order valence-corrected chi connectivity index (χ2v) is 3.67. The summed E-state index contributed by atoms with van der Waals surface area (Å²) >= 11 is 0. The van der Waals surface area contributed by atoms with E-state index < -0.39 is 5.92 Å². The molecule has 0 radical (unpaired) electrons. The van der Waals surface area contributed by atoms with Crippen LogP contribution in [0.1, 0.15) is 38.2 Å². The molecule has 0 saturated heterocycles. The predicted octanol–water partition coefficient (Wildman–Crippen LogP) is 2.43. The number of carbonyl (C=O) groups excluding carboxylic acids is 2. The van der Waals surface area contributed by atoms with Gasteiger partial charge in [0, 0.05) is 12.8 Å². The molecule has 3 heteroatoms. The molecule has 0 aliphatic rings. The van der Waals surface area contributed by atoms with Crippen LogP contribution >= 0.6 is 0 Å². The van der Waals surface area contributed by atoms with Gasteiger partial charge in [0.15, 0.2) is 0 Å². The third-order valence-electron chi connectivity index (χ3n) is 2.54. The molecule has 0 heterocycles. The molecule has 0 spiro atoms. The number of hydrogen-bond acceptors (Lipinski definition) is 3. The fraction of sp³-hybridized carbons (Fsp3) is 0.385. The van der Waals surface area contributed by atoms with Crippen molar-refractivity contribution in [2.45, 2.75) is 32.6 Å². The van der Waals surface area contributed by atoms with E-state index in [9.17, 15) is 14.7 Å². The summed E-state index contributed by atoms with van der Waals surface area (Å²) in [5.74, 6) is -0.840. The van der Waals surface area contributed by atoms with Crippen LogP contribution in [-0.2, 0) is 9.59 Å². The number of ketones is 2. The SMILES string of the molecule is CCC(=O)C(C(=O)CC)c1cccc(O)c1. The zero-order valence-corrected chi connectivity index (χ0v) is 9.56. The molecule has 1 aromatic rings. The molecular weight excluding hydrogens is 204 g/mol. The number of rotatable bonds is 5. The lowest BCUT2D eigenvalue weighted by atomic mass is 9.88. The van der Waals surface area contributed by atoms with Gasteiger partial charge in [0.2, 0.25) is 0 Å². The van der Waals surface area contributed by atoms with Crippen molar-refractivity contribution in [3.8, 4) is 5.75 Å². The Kier molecular flexibility index (Phi) is 4.23. The number of phenolic OH excluding ortho intramolecular Hbond substituents is 1. The van der Waals surface area contributed by atoms with Crippen LogP contribution in [0.4, 0.5) is 0 Å². The van der Waals surface area contributed by atoms with E-state index in [1.807, 2.05) is 0 Å². The minimum absolute atomic E-state index is 0.0790. The van der Waals surface area contributed by atoms with Gasteiger partial charge in [0.05, 0.1) is 0 Å². The molecule has 1 rings (SSSR count). The molecule has 1 N–H and O–H groups in total. The van der Waals surface area contributed by atoms with Gasteiger partial charge in [-0.15, -0.1) is 0 Å². The van der Waals surface area contributed by atoms with E-state index in [4.69, 9.17) is 0 Å². The lowest BCUT2D eigenvalue weighted by Crippen LogP contribution is -2.20. The Morgan fingerprint density at radius 2 is 1.75 bits per heavy atom. The van der Waals surface area contributed by atoms with Crippen LogP contribution in [0.5, 0.6) is 5.75 Å². The van der Waals surface area contributed by atoms with E-state index in [0.717, 1.165) is 0 Å². The standard InChI is InChI=1S/C13H16O3/c1-3-11(15)13(12(16)4-2)9-6-5-7-10(14)8-9/h5-8,13-14H,3-4H2,1-2H3. The van der Waals surface area contributed by atoms with Gasteiger partial charge in [0.1, 0.15) is 23.2 Å². The van der Waals surface area contributed by atoms with Crippen molar-refractivity contribution in [3.05, 3.63) is 29.8 Å². The van der Waals surface area contributed by atoms with Crippen LogP contribution in [-0.4, -0.2) is 16.7 Å². The number of Topliss-reactive ketones (excluding diaryl/α,β-unsaturated/α-hetero) is 2. The first-order valence-electron chi connectivity index (χ1n) is 5.44. The Balaban J connectivity index is 3.10. The largest absolute Gasteiger partial charge is 0.508 e. The fourth-order valence-corrected chi connectivity index (χ4v) is 1.66. The number of phenols is 1. The van der Waals surface area contributed by atoms with Gasteiger partial charge in [-0.05, 0) is 17.7 Å². The molecule has 16 heavy (non-hydrogen) atoms. The topological polar surface area (TPSA) is 54.4 Å².